The summed E-state index contributed by atoms with van der Waals surface area (Å²) in [5.74, 6) is -0.106. The van der Waals surface area contributed by atoms with Gasteiger partial charge < -0.3 is 29.7 Å². The Morgan fingerprint density at radius 2 is 1.96 bits per heavy atom. The lowest BCUT2D eigenvalue weighted by molar-refractivity contribution is -0.597. The molecule has 0 amide bonds. The number of pyridine rings is 1. The van der Waals surface area contributed by atoms with Gasteiger partial charge in [0, 0.05) is 26.5 Å². The van der Waals surface area contributed by atoms with Gasteiger partial charge in [-0.05, 0) is 41.5 Å². The molecule has 1 aromatic carbocycles. The molecule has 2 aromatic heterocycles. The van der Waals surface area contributed by atoms with Crippen molar-refractivity contribution in [1.29, 1.82) is 0 Å². The molecule has 0 bridgehead atoms. The van der Waals surface area contributed by atoms with Crippen molar-refractivity contribution in [3.05, 3.63) is 69.3 Å². The largest absolute Gasteiger partial charge is 0.421 e. The van der Waals surface area contributed by atoms with Crippen molar-refractivity contribution in [3.63, 3.8) is 0 Å². The summed E-state index contributed by atoms with van der Waals surface area (Å²) in [5, 5.41) is 0. The van der Waals surface area contributed by atoms with Crippen LogP contribution in [-0.2, 0) is 12.6 Å². The molecular weight excluding hydrogens is 392 g/mol. The van der Waals surface area contributed by atoms with Gasteiger partial charge in [0.2, 0.25) is 5.69 Å². The molecule has 3 aromatic rings. The lowest BCUT2D eigenvalue weighted by Gasteiger charge is -2.03. The Balaban J connectivity index is 2.07. The molecule has 0 spiro atoms. The maximum Gasteiger partial charge on any atom is 0.222 e. The standard InChI is InChI=1S/C17H13BrN2OS2/c1-10-3-2-8-20(9-10)14-13(19)16(23-17(14)22)15(21)11-4-6-12(18)7-5-11/h2-9H,1H3,(H2-,19,21,22). The SMILES string of the molecule is Cc1ccc[n+](-c2c([S-])sc(C(=O)c3ccc(Br)cc3)c2N)c1. The zero-order chi connectivity index (χ0) is 16.6. The Morgan fingerprint density at radius 3 is 2.61 bits per heavy atom. The number of anilines is 1. The number of thiophene rings is 1. The molecule has 0 aliphatic heterocycles. The Kier molecular flexibility index (Phi) is 4.48. The van der Waals surface area contributed by atoms with E-state index in [-0.39, 0.29) is 5.78 Å². The fraction of sp³-hybridized carbons (Fsp3) is 0.0588. The highest BCUT2D eigenvalue weighted by Crippen LogP contribution is 2.33. The van der Waals surface area contributed by atoms with Crippen molar-refractivity contribution in [2.24, 2.45) is 0 Å². The first-order chi connectivity index (χ1) is 11.0. The van der Waals surface area contributed by atoms with Crippen molar-refractivity contribution >= 4 is 51.4 Å². The molecule has 23 heavy (non-hydrogen) atoms. The predicted octanol–water partition coefficient (Wildman–Crippen LogP) is 3.81. The first-order valence-electron chi connectivity index (χ1n) is 6.85. The van der Waals surface area contributed by atoms with E-state index in [1.54, 1.807) is 12.1 Å². The van der Waals surface area contributed by atoms with Crippen molar-refractivity contribution in [3.8, 4) is 5.69 Å². The van der Waals surface area contributed by atoms with Gasteiger partial charge in [0.25, 0.3) is 0 Å². The minimum Gasteiger partial charge on any atom is -0.421 e. The maximum absolute atomic E-state index is 12.7. The first-order valence-corrected chi connectivity index (χ1v) is 8.87. The molecular formula is C17H13BrN2OS2. The molecule has 116 valence electrons. The van der Waals surface area contributed by atoms with Gasteiger partial charge in [-0.15, -0.1) is 0 Å². The number of rotatable bonds is 3. The third-order valence-corrected chi connectivity index (χ3v) is 5.37. The Bertz CT molecular complexity index is 888. The zero-order valence-corrected chi connectivity index (χ0v) is 15.5. The van der Waals surface area contributed by atoms with E-state index in [0.29, 0.717) is 26.0 Å². The molecule has 0 aliphatic rings. The summed E-state index contributed by atoms with van der Waals surface area (Å²) >= 11 is 10.1. The molecule has 0 unspecified atom stereocenters. The van der Waals surface area contributed by atoms with E-state index >= 15 is 0 Å². The quantitative estimate of drug-likeness (QED) is 0.410. The number of halogens is 1. The summed E-state index contributed by atoms with van der Waals surface area (Å²) in [4.78, 5) is 13.2. The van der Waals surface area contributed by atoms with Crippen LogP contribution in [-0.4, -0.2) is 5.78 Å². The summed E-state index contributed by atoms with van der Waals surface area (Å²) in [5.41, 5.74) is 9.07. The summed E-state index contributed by atoms with van der Waals surface area (Å²) in [6.07, 6.45) is 3.83. The third-order valence-electron chi connectivity index (χ3n) is 3.41. The summed E-state index contributed by atoms with van der Waals surface area (Å²) < 4.78 is 3.41. The number of nitrogen functional groups attached to an aromatic ring is 1. The van der Waals surface area contributed by atoms with Gasteiger partial charge in [0.05, 0.1) is 0 Å². The van der Waals surface area contributed by atoms with Crippen LogP contribution in [0.5, 0.6) is 0 Å². The van der Waals surface area contributed by atoms with Crippen molar-refractivity contribution < 1.29 is 9.36 Å². The zero-order valence-electron chi connectivity index (χ0n) is 12.2. The van der Waals surface area contributed by atoms with Gasteiger partial charge in [0.1, 0.15) is 5.69 Å². The molecule has 2 N–H and O–H groups in total. The normalized spacial score (nSPS) is 10.7. The Labute approximate surface area is 152 Å². The first kappa shape index (κ1) is 16.1. The van der Waals surface area contributed by atoms with Gasteiger partial charge in [-0.25, -0.2) is 0 Å². The fourth-order valence-electron chi connectivity index (χ4n) is 2.29. The van der Waals surface area contributed by atoms with E-state index in [1.807, 2.05) is 48.1 Å². The van der Waals surface area contributed by atoms with Crippen LogP contribution in [0.15, 0.2) is 57.5 Å². The number of nitrogens with zero attached hydrogens (tertiary/aromatic N) is 1. The topological polar surface area (TPSA) is 47.0 Å². The fourth-order valence-corrected chi connectivity index (χ4v) is 3.94. The van der Waals surface area contributed by atoms with E-state index in [0.717, 1.165) is 10.0 Å². The van der Waals surface area contributed by atoms with Crippen molar-refractivity contribution in [2.75, 3.05) is 5.73 Å². The number of benzene rings is 1. The summed E-state index contributed by atoms with van der Waals surface area (Å²) in [6.45, 7) is 2.00. The number of ketones is 1. The minimum absolute atomic E-state index is 0.106. The number of nitrogens with two attached hydrogens (primary N) is 1. The Morgan fingerprint density at radius 1 is 1.26 bits per heavy atom. The molecule has 0 radical (unpaired) electrons. The molecule has 2 heterocycles. The molecule has 0 fully saturated rings. The average Bonchev–Trinajstić information content (AvgIpc) is 2.82. The lowest BCUT2D eigenvalue weighted by Crippen LogP contribution is -2.31. The summed E-state index contributed by atoms with van der Waals surface area (Å²) in [6, 6.07) is 11.1. The second-order valence-corrected chi connectivity index (χ2v) is 7.71. The monoisotopic (exact) mass is 404 g/mol. The molecule has 0 aliphatic carbocycles. The number of carbonyl (C=O) groups excluding carboxylic acids is 1. The highest BCUT2D eigenvalue weighted by molar-refractivity contribution is 9.10. The molecule has 3 nitrogen and oxygen atoms in total. The maximum atomic E-state index is 12.7. The van der Waals surface area contributed by atoms with Crippen LogP contribution in [0.4, 0.5) is 5.69 Å². The predicted molar refractivity (Wildman–Crippen MR) is 98.2 cm³/mol. The van der Waals surface area contributed by atoms with Crippen LogP contribution >= 0.6 is 27.3 Å². The smallest absolute Gasteiger partial charge is 0.222 e. The van der Waals surface area contributed by atoms with E-state index < -0.39 is 0 Å². The van der Waals surface area contributed by atoms with Crippen LogP contribution in [0.2, 0.25) is 0 Å². The third kappa shape index (κ3) is 3.15. The average molecular weight is 405 g/mol. The number of hydrogen-bond donors (Lipinski definition) is 1. The number of aryl methyl sites for hydroxylation is 1. The van der Waals surface area contributed by atoms with Crippen LogP contribution in [0, 0.1) is 6.92 Å². The molecule has 3 rings (SSSR count). The highest BCUT2D eigenvalue weighted by Gasteiger charge is 2.20. The number of carbonyl (C=O) groups is 1. The minimum atomic E-state index is -0.106. The number of hydrogen-bond acceptors (Lipinski definition) is 4. The van der Waals surface area contributed by atoms with Gasteiger partial charge in [-0.2, -0.15) is 4.57 Å². The van der Waals surface area contributed by atoms with Gasteiger partial charge >= 0.3 is 0 Å². The molecule has 0 saturated heterocycles. The highest BCUT2D eigenvalue weighted by atomic mass is 79.9. The van der Waals surface area contributed by atoms with E-state index in [2.05, 4.69) is 15.9 Å². The van der Waals surface area contributed by atoms with Gasteiger partial charge in [0.15, 0.2) is 18.2 Å². The Hall–Kier alpha value is -1.76. The van der Waals surface area contributed by atoms with Gasteiger partial charge in [-0.1, -0.05) is 15.9 Å². The van der Waals surface area contributed by atoms with E-state index in [1.165, 1.54) is 11.3 Å². The van der Waals surface area contributed by atoms with E-state index in [4.69, 9.17) is 18.4 Å². The van der Waals surface area contributed by atoms with Crippen LogP contribution in [0.3, 0.4) is 0 Å². The van der Waals surface area contributed by atoms with Crippen molar-refractivity contribution in [2.45, 2.75) is 11.1 Å². The van der Waals surface area contributed by atoms with Crippen LogP contribution in [0.25, 0.3) is 5.69 Å². The molecule has 0 saturated carbocycles. The number of aromatic nitrogens is 1. The molecule has 0 atom stereocenters. The lowest BCUT2D eigenvalue weighted by atomic mass is 10.1. The van der Waals surface area contributed by atoms with Gasteiger partial charge in [-0.3, -0.25) is 4.79 Å². The van der Waals surface area contributed by atoms with Crippen LogP contribution in [0.1, 0.15) is 20.8 Å². The van der Waals surface area contributed by atoms with Crippen LogP contribution < -0.4 is 10.3 Å². The molecule has 6 heteroatoms. The van der Waals surface area contributed by atoms with Crippen molar-refractivity contribution in [1.82, 2.24) is 0 Å². The summed E-state index contributed by atoms with van der Waals surface area (Å²) in [7, 11) is 0. The van der Waals surface area contributed by atoms with E-state index in [9.17, 15) is 4.79 Å². The second kappa shape index (κ2) is 6.39. The second-order valence-electron chi connectivity index (χ2n) is 5.11.